The van der Waals surface area contributed by atoms with E-state index in [1.807, 2.05) is 12.3 Å². The van der Waals surface area contributed by atoms with Gasteiger partial charge in [-0.15, -0.1) is 0 Å². The first-order valence-electron chi connectivity index (χ1n) is 6.54. The maximum Gasteiger partial charge on any atom is 0.250 e. The van der Waals surface area contributed by atoms with Gasteiger partial charge in [0.05, 0.1) is 12.3 Å². The second-order valence-electron chi connectivity index (χ2n) is 4.85. The van der Waals surface area contributed by atoms with Crippen LogP contribution in [-0.4, -0.2) is 24.3 Å². The van der Waals surface area contributed by atoms with Crippen LogP contribution in [0.5, 0.6) is 0 Å². The Balaban J connectivity index is 2.80. The van der Waals surface area contributed by atoms with Gasteiger partial charge in [-0.2, -0.15) is 0 Å². The zero-order chi connectivity index (χ0) is 13.5. The van der Waals surface area contributed by atoms with Gasteiger partial charge in [0, 0.05) is 32.0 Å². The molecule has 0 saturated heterocycles. The van der Waals surface area contributed by atoms with Crippen LogP contribution in [0.2, 0.25) is 0 Å². The molecule has 4 nitrogen and oxygen atoms in total. The monoisotopic (exact) mass is 252 g/mol. The number of aromatic nitrogens is 1. The molecule has 1 rings (SSSR count). The first kappa shape index (κ1) is 14.8. The van der Waals surface area contributed by atoms with Crippen LogP contribution >= 0.6 is 0 Å². The van der Waals surface area contributed by atoms with Gasteiger partial charge in [-0.05, 0) is 18.4 Å². The van der Waals surface area contributed by atoms with E-state index in [4.69, 9.17) is 4.74 Å². The summed E-state index contributed by atoms with van der Waals surface area (Å²) in [5.74, 6) is 0.564. The van der Waals surface area contributed by atoms with E-state index in [1.54, 1.807) is 17.7 Å². The Morgan fingerprint density at radius 2 is 2.11 bits per heavy atom. The van der Waals surface area contributed by atoms with E-state index in [0.29, 0.717) is 25.1 Å². The molecule has 0 aliphatic heterocycles. The number of nitrogens with zero attached hydrogens (tertiary/aromatic N) is 1. The summed E-state index contributed by atoms with van der Waals surface area (Å²) in [4.78, 5) is 11.6. The van der Waals surface area contributed by atoms with Gasteiger partial charge in [0.1, 0.15) is 0 Å². The SMILES string of the molecule is CCC(Nc1ccc(=O)n(CCOC)c1)C(C)C. The number of anilines is 1. The van der Waals surface area contributed by atoms with E-state index >= 15 is 0 Å². The molecule has 1 aromatic rings. The molecule has 0 aliphatic carbocycles. The van der Waals surface area contributed by atoms with Crippen LogP contribution in [0, 0.1) is 5.92 Å². The van der Waals surface area contributed by atoms with Crippen LogP contribution in [0.1, 0.15) is 27.2 Å². The van der Waals surface area contributed by atoms with E-state index in [-0.39, 0.29) is 5.56 Å². The van der Waals surface area contributed by atoms with Gasteiger partial charge < -0.3 is 14.6 Å². The van der Waals surface area contributed by atoms with Crippen LogP contribution in [-0.2, 0) is 11.3 Å². The van der Waals surface area contributed by atoms with E-state index in [2.05, 4.69) is 26.1 Å². The zero-order valence-electron chi connectivity index (χ0n) is 11.8. The predicted molar refractivity (Wildman–Crippen MR) is 75.1 cm³/mol. The number of methoxy groups -OCH3 is 1. The lowest BCUT2D eigenvalue weighted by molar-refractivity contribution is 0.186. The van der Waals surface area contributed by atoms with Crippen molar-refractivity contribution in [2.24, 2.45) is 5.92 Å². The lowest BCUT2D eigenvalue weighted by Crippen LogP contribution is -2.27. The van der Waals surface area contributed by atoms with Crippen molar-refractivity contribution < 1.29 is 4.74 Å². The molecule has 0 amide bonds. The number of nitrogens with one attached hydrogen (secondary N) is 1. The Kier molecular flexibility index (Phi) is 5.92. The fraction of sp³-hybridized carbons (Fsp3) is 0.643. The molecule has 1 aromatic heterocycles. The average Bonchev–Trinajstić information content (AvgIpc) is 2.35. The fourth-order valence-corrected chi connectivity index (χ4v) is 1.94. The number of hydrogen-bond acceptors (Lipinski definition) is 3. The summed E-state index contributed by atoms with van der Waals surface area (Å²) in [6, 6.07) is 3.88. The van der Waals surface area contributed by atoms with Gasteiger partial charge in [0.25, 0.3) is 5.56 Å². The van der Waals surface area contributed by atoms with Crippen molar-refractivity contribution in [2.45, 2.75) is 39.8 Å². The largest absolute Gasteiger partial charge is 0.383 e. The molecule has 1 atom stereocenters. The molecule has 0 aliphatic rings. The molecule has 1 N–H and O–H groups in total. The normalized spacial score (nSPS) is 12.7. The molecule has 1 unspecified atom stereocenters. The van der Waals surface area contributed by atoms with Crippen LogP contribution < -0.4 is 10.9 Å². The number of pyridine rings is 1. The highest BCUT2D eigenvalue weighted by atomic mass is 16.5. The van der Waals surface area contributed by atoms with E-state index in [0.717, 1.165) is 12.1 Å². The molecule has 0 fully saturated rings. The predicted octanol–water partition coefficient (Wildman–Crippen LogP) is 2.34. The minimum Gasteiger partial charge on any atom is -0.383 e. The number of ether oxygens (including phenoxy) is 1. The smallest absolute Gasteiger partial charge is 0.250 e. The van der Waals surface area contributed by atoms with Crippen molar-refractivity contribution >= 4 is 5.69 Å². The summed E-state index contributed by atoms with van der Waals surface area (Å²) in [5.41, 5.74) is 1.00. The Morgan fingerprint density at radius 1 is 1.39 bits per heavy atom. The molecule has 0 aromatic carbocycles. The van der Waals surface area contributed by atoms with E-state index in [9.17, 15) is 4.79 Å². The topological polar surface area (TPSA) is 43.3 Å². The Bertz CT molecular complexity index is 413. The van der Waals surface area contributed by atoms with Crippen LogP contribution in [0.25, 0.3) is 0 Å². The molecular formula is C14H24N2O2. The van der Waals surface area contributed by atoms with Crippen LogP contribution in [0.4, 0.5) is 5.69 Å². The molecule has 0 radical (unpaired) electrons. The van der Waals surface area contributed by atoms with Gasteiger partial charge in [0.2, 0.25) is 0 Å². The van der Waals surface area contributed by atoms with Gasteiger partial charge in [-0.3, -0.25) is 4.79 Å². The lowest BCUT2D eigenvalue weighted by atomic mass is 10.0. The summed E-state index contributed by atoms with van der Waals surface area (Å²) in [5, 5.41) is 3.47. The maximum atomic E-state index is 11.6. The quantitative estimate of drug-likeness (QED) is 0.810. The first-order chi connectivity index (χ1) is 8.58. The molecule has 4 heteroatoms. The summed E-state index contributed by atoms with van der Waals surface area (Å²) in [6.45, 7) is 7.69. The third-order valence-corrected chi connectivity index (χ3v) is 3.12. The van der Waals surface area contributed by atoms with Crippen molar-refractivity contribution in [1.29, 1.82) is 0 Å². The van der Waals surface area contributed by atoms with E-state index in [1.165, 1.54) is 0 Å². The Morgan fingerprint density at radius 3 is 2.67 bits per heavy atom. The summed E-state index contributed by atoms with van der Waals surface area (Å²) in [6.07, 6.45) is 2.93. The molecule has 102 valence electrons. The van der Waals surface area contributed by atoms with Crippen molar-refractivity contribution in [3.8, 4) is 0 Å². The fourth-order valence-electron chi connectivity index (χ4n) is 1.94. The first-order valence-corrected chi connectivity index (χ1v) is 6.54. The number of hydrogen-bond donors (Lipinski definition) is 1. The van der Waals surface area contributed by atoms with Gasteiger partial charge >= 0.3 is 0 Å². The standard InChI is InChI=1S/C14H24N2O2/c1-5-13(11(2)3)15-12-6-7-14(17)16(10-12)8-9-18-4/h6-7,10-11,13,15H,5,8-9H2,1-4H3. The van der Waals surface area contributed by atoms with Crippen molar-refractivity contribution in [3.05, 3.63) is 28.7 Å². The molecule has 0 spiro atoms. The summed E-state index contributed by atoms with van der Waals surface area (Å²) >= 11 is 0. The average molecular weight is 252 g/mol. The molecule has 0 bridgehead atoms. The van der Waals surface area contributed by atoms with Crippen LogP contribution in [0.15, 0.2) is 23.1 Å². The second-order valence-corrected chi connectivity index (χ2v) is 4.85. The Labute approximate surface area is 109 Å². The van der Waals surface area contributed by atoms with Crippen molar-refractivity contribution in [2.75, 3.05) is 19.0 Å². The third kappa shape index (κ3) is 4.18. The van der Waals surface area contributed by atoms with E-state index < -0.39 is 0 Å². The highest BCUT2D eigenvalue weighted by Gasteiger charge is 2.10. The third-order valence-electron chi connectivity index (χ3n) is 3.12. The summed E-state index contributed by atoms with van der Waals surface area (Å²) < 4.78 is 6.68. The van der Waals surface area contributed by atoms with Crippen LogP contribution in [0.3, 0.4) is 0 Å². The Hall–Kier alpha value is -1.29. The minimum absolute atomic E-state index is 0.00944. The lowest BCUT2D eigenvalue weighted by Gasteiger charge is -2.22. The molecular weight excluding hydrogens is 228 g/mol. The second kappa shape index (κ2) is 7.21. The van der Waals surface area contributed by atoms with Gasteiger partial charge in [0.15, 0.2) is 0 Å². The molecule has 0 saturated carbocycles. The van der Waals surface area contributed by atoms with Crippen molar-refractivity contribution in [3.63, 3.8) is 0 Å². The maximum absolute atomic E-state index is 11.6. The van der Waals surface area contributed by atoms with Crippen molar-refractivity contribution in [1.82, 2.24) is 4.57 Å². The summed E-state index contributed by atoms with van der Waals surface area (Å²) in [7, 11) is 1.64. The minimum atomic E-state index is 0.00944. The highest BCUT2D eigenvalue weighted by molar-refractivity contribution is 5.41. The van der Waals surface area contributed by atoms with Gasteiger partial charge in [-0.1, -0.05) is 20.8 Å². The molecule has 1 heterocycles. The zero-order valence-corrected chi connectivity index (χ0v) is 11.8. The molecule has 18 heavy (non-hydrogen) atoms. The van der Waals surface area contributed by atoms with Gasteiger partial charge in [-0.25, -0.2) is 0 Å². The number of rotatable bonds is 7. The highest BCUT2D eigenvalue weighted by Crippen LogP contribution is 2.13.